The highest BCUT2D eigenvalue weighted by Crippen LogP contribution is 2.09. The van der Waals surface area contributed by atoms with Crippen molar-refractivity contribution >= 4 is 0 Å². The predicted molar refractivity (Wildman–Crippen MR) is 65.8 cm³/mol. The molecular weight excluding hydrogens is 184 g/mol. The molecule has 1 N–H and O–H groups in total. The van der Waals surface area contributed by atoms with Crippen molar-refractivity contribution in [3.8, 4) is 0 Å². The van der Waals surface area contributed by atoms with Gasteiger partial charge in [0.15, 0.2) is 0 Å². The third-order valence-corrected chi connectivity index (χ3v) is 2.76. The van der Waals surface area contributed by atoms with Crippen molar-refractivity contribution in [1.82, 2.24) is 9.88 Å². The first-order valence-corrected chi connectivity index (χ1v) is 5.96. The van der Waals surface area contributed by atoms with E-state index in [1.54, 1.807) is 0 Å². The Kier molecular flexibility index (Phi) is 4.89. The second kappa shape index (κ2) is 5.96. The molecule has 0 spiro atoms. The Morgan fingerprint density at radius 2 is 2.00 bits per heavy atom. The zero-order valence-corrected chi connectivity index (χ0v) is 10.5. The number of hydrogen-bond donors (Lipinski definition) is 1. The Morgan fingerprint density at radius 3 is 2.47 bits per heavy atom. The summed E-state index contributed by atoms with van der Waals surface area (Å²) >= 11 is 0. The summed E-state index contributed by atoms with van der Waals surface area (Å²) in [5, 5.41) is 0. The second-order valence-corrected chi connectivity index (χ2v) is 4.94. The largest absolute Gasteiger partial charge is 0.364 e. The van der Waals surface area contributed by atoms with Crippen molar-refractivity contribution in [2.75, 3.05) is 6.54 Å². The minimum atomic E-state index is 0.618. The molecule has 2 heteroatoms. The lowest BCUT2D eigenvalue weighted by Crippen LogP contribution is -2.32. The van der Waals surface area contributed by atoms with E-state index in [2.05, 4.69) is 49.7 Å². The zero-order valence-electron chi connectivity index (χ0n) is 10.5. The van der Waals surface area contributed by atoms with Gasteiger partial charge in [-0.05, 0) is 44.9 Å². The summed E-state index contributed by atoms with van der Waals surface area (Å²) in [4.78, 5) is 5.79. The maximum Gasteiger partial charge on any atom is 0.0387 e. The Balaban J connectivity index is 2.44. The molecule has 0 saturated carbocycles. The van der Waals surface area contributed by atoms with Crippen LogP contribution in [0.4, 0.5) is 0 Å². The summed E-state index contributed by atoms with van der Waals surface area (Å²) in [5.41, 5.74) is 1.31. The third kappa shape index (κ3) is 4.52. The van der Waals surface area contributed by atoms with Gasteiger partial charge in [-0.3, -0.25) is 4.90 Å². The fraction of sp³-hybridized carbons (Fsp3) is 0.692. The molecule has 15 heavy (non-hydrogen) atoms. The number of aromatic amines is 1. The standard InChI is InChI=1S/C13H24N2/c1-11(2)7-9-15(12(3)4)10-13-6-5-8-14-13/h5-6,8,11-12,14H,7,9-10H2,1-4H3. The average molecular weight is 208 g/mol. The molecule has 0 bridgehead atoms. The van der Waals surface area contributed by atoms with Crippen molar-refractivity contribution in [2.45, 2.75) is 46.7 Å². The molecule has 0 aliphatic rings. The van der Waals surface area contributed by atoms with Crippen LogP contribution in [0.3, 0.4) is 0 Å². The molecule has 0 aromatic carbocycles. The van der Waals surface area contributed by atoms with E-state index in [9.17, 15) is 0 Å². The van der Waals surface area contributed by atoms with Gasteiger partial charge in [-0.25, -0.2) is 0 Å². The van der Waals surface area contributed by atoms with Gasteiger partial charge in [-0.1, -0.05) is 13.8 Å². The molecule has 0 saturated heterocycles. The molecule has 1 heterocycles. The molecule has 1 aromatic heterocycles. The SMILES string of the molecule is CC(C)CCN(Cc1ccc[nH]1)C(C)C. The normalized spacial score (nSPS) is 11.9. The average Bonchev–Trinajstić information content (AvgIpc) is 2.63. The van der Waals surface area contributed by atoms with Crippen molar-refractivity contribution in [2.24, 2.45) is 5.92 Å². The highest BCUT2D eigenvalue weighted by atomic mass is 15.1. The van der Waals surface area contributed by atoms with Crippen LogP contribution in [0.5, 0.6) is 0 Å². The molecule has 0 aliphatic carbocycles. The lowest BCUT2D eigenvalue weighted by Gasteiger charge is -2.26. The summed E-state index contributed by atoms with van der Waals surface area (Å²) in [6.07, 6.45) is 3.27. The van der Waals surface area contributed by atoms with Crippen LogP contribution in [0.2, 0.25) is 0 Å². The minimum absolute atomic E-state index is 0.618. The van der Waals surface area contributed by atoms with Gasteiger partial charge in [0.2, 0.25) is 0 Å². The summed E-state index contributed by atoms with van der Waals surface area (Å²) in [6.45, 7) is 11.3. The first-order valence-electron chi connectivity index (χ1n) is 5.96. The highest BCUT2D eigenvalue weighted by molar-refractivity contribution is 5.03. The lowest BCUT2D eigenvalue weighted by molar-refractivity contribution is 0.199. The van der Waals surface area contributed by atoms with E-state index in [0.29, 0.717) is 6.04 Å². The third-order valence-electron chi connectivity index (χ3n) is 2.76. The molecule has 86 valence electrons. The van der Waals surface area contributed by atoms with Gasteiger partial charge in [-0.15, -0.1) is 0 Å². The van der Waals surface area contributed by atoms with E-state index in [1.807, 2.05) is 6.20 Å². The van der Waals surface area contributed by atoms with Crippen LogP contribution < -0.4 is 0 Å². The number of aromatic nitrogens is 1. The molecule has 2 nitrogen and oxygen atoms in total. The lowest BCUT2D eigenvalue weighted by atomic mass is 10.1. The number of H-pyrrole nitrogens is 1. The molecule has 0 amide bonds. The fourth-order valence-corrected chi connectivity index (χ4v) is 1.63. The molecule has 0 fully saturated rings. The van der Waals surface area contributed by atoms with E-state index in [4.69, 9.17) is 0 Å². The first kappa shape index (κ1) is 12.3. The van der Waals surface area contributed by atoms with E-state index in [1.165, 1.54) is 18.7 Å². The molecule has 0 aliphatic heterocycles. The second-order valence-electron chi connectivity index (χ2n) is 4.94. The summed E-state index contributed by atoms with van der Waals surface area (Å²) in [7, 11) is 0. The topological polar surface area (TPSA) is 19.0 Å². The first-order chi connectivity index (χ1) is 7.09. The van der Waals surface area contributed by atoms with Crippen molar-refractivity contribution in [1.29, 1.82) is 0 Å². The number of nitrogens with zero attached hydrogens (tertiary/aromatic N) is 1. The van der Waals surface area contributed by atoms with Gasteiger partial charge in [0.05, 0.1) is 0 Å². The Hall–Kier alpha value is -0.760. The molecule has 0 atom stereocenters. The smallest absolute Gasteiger partial charge is 0.0387 e. The molecule has 1 rings (SSSR count). The Bertz CT molecular complexity index is 250. The van der Waals surface area contributed by atoms with Gasteiger partial charge in [-0.2, -0.15) is 0 Å². The Labute approximate surface area is 93.7 Å². The maximum atomic E-state index is 3.27. The van der Waals surface area contributed by atoms with Crippen LogP contribution in [0.1, 0.15) is 39.8 Å². The van der Waals surface area contributed by atoms with E-state index < -0.39 is 0 Å². The molecule has 1 aromatic rings. The van der Waals surface area contributed by atoms with Gasteiger partial charge >= 0.3 is 0 Å². The number of hydrogen-bond acceptors (Lipinski definition) is 1. The zero-order chi connectivity index (χ0) is 11.3. The highest BCUT2D eigenvalue weighted by Gasteiger charge is 2.10. The molecular formula is C13H24N2. The van der Waals surface area contributed by atoms with E-state index in [-0.39, 0.29) is 0 Å². The van der Waals surface area contributed by atoms with Crippen LogP contribution in [-0.4, -0.2) is 22.5 Å². The van der Waals surface area contributed by atoms with Crippen molar-refractivity contribution in [3.05, 3.63) is 24.0 Å². The molecule has 0 unspecified atom stereocenters. The fourth-order valence-electron chi connectivity index (χ4n) is 1.63. The quantitative estimate of drug-likeness (QED) is 0.760. The van der Waals surface area contributed by atoms with Gasteiger partial charge in [0, 0.05) is 24.5 Å². The van der Waals surface area contributed by atoms with Crippen LogP contribution in [0, 0.1) is 5.92 Å². The Morgan fingerprint density at radius 1 is 1.27 bits per heavy atom. The van der Waals surface area contributed by atoms with Crippen LogP contribution in [0.25, 0.3) is 0 Å². The van der Waals surface area contributed by atoms with Gasteiger partial charge in [0.1, 0.15) is 0 Å². The minimum Gasteiger partial charge on any atom is -0.364 e. The van der Waals surface area contributed by atoms with E-state index >= 15 is 0 Å². The van der Waals surface area contributed by atoms with Crippen molar-refractivity contribution in [3.63, 3.8) is 0 Å². The van der Waals surface area contributed by atoms with Crippen LogP contribution >= 0.6 is 0 Å². The van der Waals surface area contributed by atoms with Gasteiger partial charge < -0.3 is 4.98 Å². The van der Waals surface area contributed by atoms with E-state index in [0.717, 1.165) is 12.5 Å². The summed E-state index contributed by atoms with van der Waals surface area (Å²) < 4.78 is 0. The monoisotopic (exact) mass is 208 g/mol. The van der Waals surface area contributed by atoms with Crippen molar-refractivity contribution < 1.29 is 0 Å². The maximum absolute atomic E-state index is 3.27. The van der Waals surface area contributed by atoms with Gasteiger partial charge in [0.25, 0.3) is 0 Å². The summed E-state index contributed by atoms with van der Waals surface area (Å²) in [6, 6.07) is 4.84. The summed E-state index contributed by atoms with van der Waals surface area (Å²) in [5.74, 6) is 0.787. The predicted octanol–water partition coefficient (Wildman–Crippen LogP) is 3.27. The van der Waals surface area contributed by atoms with Crippen LogP contribution in [-0.2, 0) is 6.54 Å². The number of nitrogens with one attached hydrogen (secondary N) is 1. The van der Waals surface area contributed by atoms with Crippen LogP contribution in [0.15, 0.2) is 18.3 Å². The number of rotatable bonds is 6. The molecule has 0 radical (unpaired) electrons.